The van der Waals surface area contributed by atoms with Gasteiger partial charge in [-0.2, -0.15) is 0 Å². The van der Waals surface area contributed by atoms with E-state index in [0.29, 0.717) is 17.7 Å². The van der Waals surface area contributed by atoms with Gasteiger partial charge in [0.2, 0.25) is 5.91 Å². The molecule has 0 unspecified atom stereocenters. The number of carbonyl (C=O) groups excluding carboxylic acids is 1. The Bertz CT molecular complexity index is 493. The summed E-state index contributed by atoms with van der Waals surface area (Å²) in [5, 5.41) is 2.55. The van der Waals surface area contributed by atoms with Gasteiger partial charge in [-0.15, -0.1) is 19.4 Å². The number of carbonyl (C=O) groups is 1. The minimum Gasteiger partial charge on any atom is -0.325 e. The number of nitrogens with two attached hydrogens (primary N) is 1. The lowest BCUT2D eigenvalue weighted by molar-refractivity contribution is -0.114. The Morgan fingerprint density at radius 1 is 1.45 bits per heavy atom. The predicted molar refractivity (Wildman–Crippen MR) is 93.0 cm³/mol. The Hall–Kier alpha value is -2.38. The molecule has 0 heterocycles. The normalized spacial score (nSPS) is 9.00. The summed E-state index contributed by atoms with van der Waals surface area (Å²) in [7, 11) is 0. The van der Waals surface area contributed by atoms with E-state index in [9.17, 15) is 9.18 Å². The second kappa shape index (κ2) is 15.0. The molecule has 0 radical (unpaired) electrons. The molecule has 1 rings (SSSR count). The Kier molecular flexibility index (Phi) is 15.0. The van der Waals surface area contributed by atoms with E-state index in [-0.39, 0.29) is 18.3 Å². The zero-order chi connectivity index (χ0) is 17.4. The summed E-state index contributed by atoms with van der Waals surface area (Å²) in [6.45, 7) is 7.28. The lowest BCUT2D eigenvalue weighted by atomic mass is 10.1. The van der Waals surface area contributed by atoms with Crippen molar-refractivity contribution in [1.29, 1.82) is 0 Å². The maximum absolute atomic E-state index is 13.2. The topological polar surface area (TPSA) is 55.1 Å². The van der Waals surface area contributed by atoms with Crippen LogP contribution in [-0.4, -0.2) is 12.5 Å². The zero-order valence-corrected chi connectivity index (χ0v) is 13.3. The van der Waals surface area contributed by atoms with Gasteiger partial charge in [0.05, 0.1) is 6.54 Å². The fraction of sp³-hybridized carbons (Fsp3) is 0.278. The van der Waals surface area contributed by atoms with E-state index >= 15 is 0 Å². The smallest absolute Gasteiger partial charge is 0.238 e. The molecule has 0 fully saturated rings. The van der Waals surface area contributed by atoms with Crippen molar-refractivity contribution in [2.45, 2.75) is 26.7 Å². The SMILES string of the molecule is C#C.C=CC/C=C/C.CCc1c(F)cccc1NC(=O)CN. The molecule has 0 aliphatic rings. The molecule has 0 spiro atoms. The first-order valence-corrected chi connectivity index (χ1v) is 6.93. The lowest BCUT2D eigenvalue weighted by Crippen LogP contribution is -2.22. The maximum atomic E-state index is 13.2. The molecule has 1 amide bonds. The van der Waals surface area contributed by atoms with Crippen molar-refractivity contribution in [3.8, 4) is 12.8 Å². The van der Waals surface area contributed by atoms with Gasteiger partial charge in [0.1, 0.15) is 5.82 Å². The zero-order valence-electron chi connectivity index (χ0n) is 13.3. The molecule has 1 aromatic carbocycles. The first-order valence-electron chi connectivity index (χ1n) is 6.93. The molecule has 22 heavy (non-hydrogen) atoms. The summed E-state index contributed by atoms with van der Waals surface area (Å²) >= 11 is 0. The molecular weight excluding hydrogens is 279 g/mol. The second-order valence-corrected chi connectivity index (χ2v) is 3.97. The van der Waals surface area contributed by atoms with Crippen LogP contribution in [0.4, 0.5) is 10.1 Å². The monoisotopic (exact) mass is 304 g/mol. The minimum absolute atomic E-state index is 0.0976. The van der Waals surface area contributed by atoms with Gasteiger partial charge in [-0.3, -0.25) is 4.79 Å². The number of allylic oxidation sites excluding steroid dienone is 3. The summed E-state index contributed by atoms with van der Waals surface area (Å²) in [5.41, 5.74) is 6.16. The van der Waals surface area contributed by atoms with Crippen molar-refractivity contribution in [3.63, 3.8) is 0 Å². The number of rotatable bonds is 5. The average Bonchev–Trinajstić information content (AvgIpc) is 2.55. The third kappa shape index (κ3) is 9.51. The molecule has 0 bridgehead atoms. The van der Waals surface area contributed by atoms with Crippen molar-refractivity contribution < 1.29 is 9.18 Å². The highest BCUT2D eigenvalue weighted by Crippen LogP contribution is 2.19. The molecule has 0 saturated carbocycles. The first-order chi connectivity index (χ1) is 10.6. The number of halogens is 1. The molecule has 120 valence electrons. The van der Waals surface area contributed by atoms with Gasteiger partial charge in [-0.25, -0.2) is 4.39 Å². The van der Waals surface area contributed by atoms with Gasteiger partial charge in [-0.05, 0) is 31.9 Å². The van der Waals surface area contributed by atoms with Crippen LogP contribution in [0.5, 0.6) is 0 Å². The van der Waals surface area contributed by atoms with E-state index in [1.807, 2.05) is 26.0 Å². The van der Waals surface area contributed by atoms with Crippen molar-refractivity contribution in [2.24, 2.45) is 5.73 Å². The standard InChI is InChI=1S/C10H13FN2O.C6H10.C2H2/c1-2-7-8(11)4-3-5-9(7)13-10(14)6-12;1-3-5-6-4-2;1-2/h3-5H,2,6,12H2,1H3,(H,13,14);3-4,6H,1,5H2,2H3;1-2H/b;6-4+;. The number of hydrogen-bond donors (Lipinski definition) is 2. The number of hydrogen-bond acceptors (Lipinski definition) is 2. The molecule has 3 N–H and O–H groups in total. The molecule has 0 atom stereocenters. The van der Waals surface area contributed by atoms with Crippen molar-refractivity contribution >= 4 is 11.6 Å². The van der Waals surface area contributed by atoms with E-state index in [1.54, 1.807) is 12.1 Å². The molecule has 0 aliphatic carbocycles. The molecular formula is C18H25FN2O. The molecule has 0 aliphatic heterocycles. The average molecular weight is 304 g/mol. The molecule has 4 heteroatoms. The number of amides is 1. The van der Waals surface area contributed by atoms with Gasteiger partial charge in [0.25, 0.3) is 0 Å². The molecule has 0 saturated heterocycles. The van der Waals surface area contributed by atoms with Crippen LogP contribution in [0.1, 0.15) is 25.8 Å². The quantitative estimate of drug-likeness (QED) is 0.644. The molecule has 0 aromatic heterocycles. The van der Waals surface area contributed by atoms with Crippen LogP contribution in [0, 0.1) is 18.7 Å². The minimum atomic E-state index is -0.315. The lowest BCUT2D eigenvalue weighted by Gasteiger charge is -2.09. The third-order valence-corrected chi connectivity index (χ3v) is 2.47. The van der Waals surface area contributed by atoms with Crippen LogP contribution in [0.15, 0.2) is 43.0 Å². The fourth-order valence-electron chi connectivity index (χ4n) is 1.47. The Morgan fingerprint density at radius 2 is 2.09 bits per heavy atom. The Labute approximate surface area is 133 Å². The van der Waals surface area contributed by atoms with Crippen LogP contribution in [0.2, 0.25) is 0 Å². The van der Waals surface area contributed by atoms with Gasteiger partial charge in [-0.1, -0.05) is 31.2 Å². The predicted octanol–water partition coefficient (Wildman–Crippen LogP) is 3.67. The summed E-state index contributed by atoms with van der Waals surface area (Å²) in [4.78, 5) is 11.0. The van der Waals surface area contributed by atoms with Crippen LogP contribution in [0.25, 0.3) is 0 Å². The van der Waals surface area contributed by atoms with Crippen LogP contribution >= 0.6 is 0 Å². The summed E-state index contributed by atoms with van der Waals surface area (Å²) in [6, 6.07) is 4.59. The summed E-state index contributed by atoms with van der Waals surface area (Å²) < 4.78 is 13.2. The van der Waals surface area contributed by atoms with Crippen molar-refractivity contribution in [2.75, 3.05) is 11.9 Å². The Balaban J connectivity index is 0. The first kappa shape index (κ1) is 21.9. The van der Waals surface area contributed by atoms with Crippen molar-refractivity contribution in [3.05, 3.63) is 54.4 Å². The van der Waals surface area contributed by atoms with Gasteiger partial charge in [0.15, 0.2) is 0 Å². The Morgan fingerprint density at radius 3 is 2.50 bits per heavy atom. The summed E-state index contributed by atoms with van der Waals surface area (Å²) in [6.07, 6.45) is 15.5. The number of anilines is 1. The highest BCUT2D eigenvalue weighted by atomic mass is 19.1. The number of terminal acetylenes is 1. The van der Waals surface area contributed by atoms with Crippen LogP contribution in [0.3, 0.4) is 0 Å². The van der Waals surface area contributed by atoms with Crippen molar-refractivity contribution in [1.82, 2.24) is 0 Å². The summed E-state index contributed by atoms with van der Waals surface area (Å²) in [5.74, 6) is -0.618. The number of benzene rings is 1. The van der Waals surface area contributed by atoms with E-state index in [0.717, 1.165) is 6.42 Å². The van der Waals surface area contributed by atoms with Gasteiger partial charge in [0, 0.05) is 11.3 Å². The highest BCUT2D eigenvalue weighted by Gasteiger charge is 2.07. The maximum Gasteiger partial charge on any atom is 0.238 e. The van der Waals surface area contributed by atoms with E-state index < -0.39 is 0 Å². The highest BCUT2D eigenvalue weighted by molar-refractivity contribution is 5.92. The van der Waals surface area contributed by atoms with Crippen LogP contribution < -0.4 is 11.1 Å². The van der Waals surface area contributed by atoms with E-state index in [2.05, 4.69) is 30.8 Å². The van der Waals surface area contributed by atoms with Crippen LogP contribution in [-0.2, 0) is 11.2 Å². The molecule has 1 aromatic rings. The van der Waals surface area contributed by atoms with Gasteiger partial charge >= 0.3 is 0 Å². The van der Waals surface area contributed by atoms with Gasteiger partial charge < -0.3 is 11.1 Å². The fourth-order valence-corrected chi connectivity index (χ4v) is 1.47. The third-order valence-electron chi connectivity index (χ3n) is 2.47. The second-order valence-electron chi connectivity index (χ2n) is 3.97. The number of nitrogens with one attached hydrogen (secondary N) is 1. The van der Waals surface area contributed by atoms with E-state index in [4.69, 9.17) is 5.73 Å². The molecule has 3 nitrogen and oxygen atoms in total. The largest absolute Gasteiger partial charge is 0.325 e. The van der Waals surface area contributed by atoms with E-state index in [1.165, 1.54) is 6.07 Å².